The van der Waals surface area contributed by atoms with Crippen molar-refractivity contribution < 1.29 is 33.7 Å². The largest absolute Gasteiger partial charge is 0.469 e. The Morgan fingerprint density at radius 2 is 0.920 bits per heavy atom. The van der Waals surface area contributed by atoms with Gasteiger partial charge < -0.3 is 24.2 Å². The highest BCUT2D eigenvalue weighted by atomic mass is 16.5. The maximum absolute atomic E-state index is 12.7. The molecule has 0 bridgehead atoms. The number of carbonyl (C=O) groups is 3. The summed E-state index contributed by atoms with van der Waals surface area (Å²) in [6.07, 6.45) is 30.5. The van der Waals surface area contributed by atoms with E-state index in [0.717, 1.165) is 90.1 Å². The van der Waals surface area contributed by atoms with Crippen molar-refractivity contribution in [3.05, 3.63) is 0 Å². The van der Waals surface area contributed by atoms with Crippen molar-refractivity contribution in [2.24, 2.45) is 0 Å². The van der Waals surface area contributed by atoms with Gasteiger partial charge in [0.15, 0.2) is 0 Å². The van der Waals surface area contributed by atoms with Crippen LogP contribution in [-0.2, 0) is 28.6 Å². The lowest BCUT2D eigenvalue weighted by Crippen LogP contribution is -2.29. The van der Waals surface area contributed by atoms with E-state index in [9.17, 15) is 19.5 Å². The summed E-state index contributed by atoms with van der Waals surface area (Å²) in [5.74, 6) is -0.388. The quantitative estimate of drug-likeness (QED) is 0.0384. The predicted molar refractivity (Wildman–Crippen MR) is 206 cm³/mol. The van der Waals surface area contributed by atoms with Gasteiger partial charge in [-0.25, -0.2) is 0 Å². The molecule has 0 aliphatic rings. The zero-order chi connectivity index (χ0) is 36.9. The minimum Gasteiger partial charge on any atom is -0.469 e. The molecular formula is C42H81NO7. The number of hydrogen-bond donors (Lipinski definition) is 1. The average molecular weight is 712 g/mol. The number of unbranched alkanes of at least 4 members (excludes halogenated alkanes) is 18. The molecule has 0 saturated heterocycles. The van der Waals surface area contributed by atoms with Crippen LogP contribution in [-0.4, -0.2) is 73.5 Å². The van der Waals surface area contributed by atoms with E-state index in [1.165, 1.54) is 84.2 Å². The van der Waals surface area contributed by atoms with Crippen LogP contribution in [0.5, 0.6) is 0 Å². The summed E-state index contributed by atoms with van der Waals surface area (Å²) in [7, 11) is 1.38. The van der Waals surface area contributed by atoms with Crippen molar-refractivity contribution in [3.8, 4) is 0 Å². The lowest BCUT2D eigenvalue weighted by molar-refractivity contribution is -0.150. The number of carbonyl (C=O) groups excluding carboxylic acids is 3. The van der Waals surface area contributed by atoms with E-state index in [1.807, 2.05) is 6.92 Å². The third kappa shape index (κ3) is 33.5. The van der Waals surface area contributed by atoms with E-state index in [0.29, 0.717) is 38.6 Å². The number of methoxy groups -OCH3 is 1. The number of esters is 3. The lowest BCUT2D eigenvalue weighted by Gasteiger charge is -2.21. The van der Waals surface area contributed by atoms with Gasteiger partial charge in [0.1, 0.15) is 6.10 Å². The average Bonchev–Trinajstić information content (AvgIpc) is 3.09. The molecule has 0 aromatic rings. The van der Waals surface area contributed by atoms with Crippen LogP contribution < -0.4 is 0 Å². The molecule has 1 N–H and O–H groups in total. The molecule has 0 aliphatic carbocycles. The van der Waals surface area contributed by atoms with Crippen LogP contribution in [0.15, 0.2) is 0 Å². The number of rotatable bonds is 38. The van der Waals surface area contributed by atoms with Crippen LogP contribution in [0, 0.1) is 0 Å². The summed E-state index contributed by atoms with van der Waals surface area (Å²) in [6.45, 7) is 9.28. The topological polar surface area (TPSA) is 102 Å². The molecule has 0 heterocycles. The molecule has 0 aliphatic heterocycles. The lowest BCUT2D eigenvalue weighted by atomic mass is 10.0. The second-order valence-corrected chi connectivity index (χ2v) is 14.6. The Bertz CT molecular complexity index is 761. The van der Waals surface area contributed by atoms with E-state index in [2.05, 4.69) is 23.5 Å². The van der Waals surface area contributed by atoms with Gasteiger partial charge in [-0.2, -0.15) is 0 Å². The van der Waals surface area contributed by atoms with Gasteiger partial charge in [0, 0.05) is 25.8 Å². The van der Waals surface area contributed by atoms with Gasteiger partial charge >= 0.3 is 17.9 Å². The monoisotopic (exact) mass is 712 g/mol. The Labute approximate surface area is 308 Å². The number of ether oxygens (including phenoxy) is 3. The summed E-state index contributed by atoms with van der Waals surface area (Å²) in [5, 5.41) is 9.53. The van der Waals surface area contributed by atoms with E-state index in [1.54, 1.807) is 0 Å². The molecule has 296 valence electrons. The Hall–Kier alpha value is -1.67. The fourth-order valence-electron chi connectivity index (χ4n) is 6.54. The van der Waals surface area contributed by atoms with Crippen molar-refractivity contribution in [1.29, 1.82) is 0 Å². The van der Waals surface area contributed by atoms with Gasteiger partial charge in [-0.15, -0.1) is 0 Å². The molecule has 8 nitrogen and oxygen atoms in total. The van der Waals surface area contributed by atoms with Gasteiger partial charge in [-0.05, 0) is 84.2 Å². The normalized spacial score (nSPS) is 12.1. The van der Waals surface area contributed by atoms with Crippen LogP contribution in [0.1, 0.15) is 207 Å². The van der Waals surface area contributed by atoms with E-state index in [4.69, 9.17) is 9.47 Å². The van der Waals surface area contributed by atoms with Crippen molar-refractivity contribution in [3.63, 3.8) is 0 Å². The number of aliphatic hydroxyl groups excluding tert-OH is 1. The number of nitrogens with zero attached hydrogens (tertiary/aromatic N) is 1. The predicted octanol–water partition coefficient (Wildman–Crippen LogP) is 10.6. The Morgan fingerprint density at radius 1 is 0.500 bits per heavy atom. The maximum atomic E-state index is 12.7. The molecule has 0 saturated carbocycles. The molecule has 0 radical (unpaired) electrons. The van der Waals surface area contributed by atoms with Gasteiger partial charge in [0.05, 0.1) is 19.8 Å². The van der Waals surface area contributed by atoms with E-state index >= 15 is 0 Å². The third-order valence-electron chi connectivity index (χ3n) is 9.74. The minimum atomic E-state index is -0.231. The first-order valence-corrected chi connectivity index (χ1v) is 21.1. The Balaban J connectivity index is 4.03. The molecule has 1 atom stereocenters. The summed E-state index contributed by atoms with van der Waals surface area (Å²) < 4.78 is 16.1. The Kier molecular flexibility index (Phi) is 35.9. The molecule has 0 aromatic heterocycles. The van der Waals surface area contributed by atoms with E-state index in [-0.39, 0.29) is 36.7 Å². The molecule has 0 fully saturated rings. The SMILES string of the molecule is CCCCCCCCC(CCCCCCCC)OC(=O)CCCCCCCN(CCO)CCCCCCCC(=O)OC(C)CCCC(=O)OC. The van der Waals surface area contributed by atoms with Crippen molar-refractivity contribution in [2.75, 3.05) is 33.4 Å². The maximum Gasteiger partial charge on any atom is 0.306 e. The van der Waals surface area contributed by atoms with Crippen LogP contribution in [0.4, 0.5) is 0 Å². The van der Waals surface area contributed by atoms with Crippen molar-refractivity contribution in [2.45, 2.75) is 219 Å². The van der Waals surface area contributed by atoms with Crippen molar-refractivity contribution >= 4 is 17.9 Å². The first-order valence-electron chi connectivity index (χ1n) is 21.1. The molecule has 0 spiro atoms. The minimum absolute atomic E-state index is 0.000283. The molecular weight excluding hydrogens is 630 g/mol. The summed E-state index contributed by atoms with van der Waals surface area (Å²) in [4.78, 5) is 38.3. The standard InChI is InChI=1S/C42H81NO7/c1-5-7-9-11-15-21-29-39(30-22-16-12-10-8-6-2)50-42(47)32-24-18-14-20-26-35-43(36-37-44)34-25-19-13-17-23-31-41(46)49-38(3)28-27-33-40(45)48-4/h38-39,44H,5-37H2,1-4H3. The highest BCUT2D eigenvalue weighted by Gasteiger charge is 2.15. The Morgan fingerprint density at radius 3 is 1.40 bits per heavy atom. The second-order valence-electron chi connectivity index (χ2n) is 14.6. The summed E-state index contributed by atoms with van der Waals surface area (Å²) >= 11 is 0. The zero-order valence-corrected chi connectivity index (χ0v) is 33.3. The third-order valence-corrected chi connectivity index (χ3v) is 9.74. The molecule has 50 heavy (non-hydrogen) atoms. The molecule has 8 heteroatoms. The number of hydrogen-bond acceptors (Lipinski definition) is 8. The molecule has 0 amide bonds. The molecule has 1 unspecified atom stereocenters. The van der Waals surface area contributed by atoms with Crippen molar-refractivity contribution in [1.82, 2.24) is 4.90 Å². The van der Waals surface area contributed by atoms with Crippen LogP contribution in [0.2, 0.25) is 0 Å². The van der Waals surface area contributed by atoms with Gasteiger partial charge in [0.25, 0.3) is 0 Å². The van der Waals surface area contributed by atoms with Crippen LogP contribution >= 0.6 is 0 Å². The fourth-order valence-corrected chi connectivity index (χ4v) is 6.54. The molecule has 0 rings (SSSR count). The van der Waals surface area contributed by atoms with Gasteiger partial charge in [0.2, 0.25) is 0 Å². The summed E-state index contributed by atoms with van der Waals surface area (Å²) in [5.41, 5.74) is 0. The molecule has 0 aromatic carbocycles. The first kappa shape index (κ1) is 48.3. The van der Waals surface area contributed by atoms with Gasteiger partial charge in [-0.3, -0.25) is 14.4 Å². The zero-order valence-electron chi connectivity index (χ0n) is 33.3. The highest BCUT2D eigenvalue weighted by Crippen LogP contribution is 2.18. The van der Waals surface area contributed by atoms with Gasteiger partial charge in [-0.1, -0.05) is 117 Å². The smallest absolute Gasteiger partial charge is 0.306 e. The van der Waals surface area contributed by atoms with Crippen LogP contribution in [0.3, 0.4) is 0 Å². The summed E-state index contributed by atoms with van der Waals surface area (Å²) in [6, 6.07) is 0. The fraction of sp³-hybridized carbons (Fsp3) is 0.929. The highest BCUT2D eigenvalue weighted by molar-refractivity contribution is 5.70. The first-order chi connectivity index (χ1) is 24.4. The number of aliphatic hydroxyl groups is 1. The van der Waals surface area contributed by atoms with Crippen LogP contribution in [0.25, 0.3) is 0 Å². The second kappa shape index (κ2) is 37.1. The van der Waals surface area contributed by atoms with E-state index < -0.39 is 0 Å².